The summed E-state index contributed by atoms with van der Waals surface area (Å²) in [5, 5.41) is 9.22. The van der Waals surface area contributed by atoms with E-state index in [1.807, 2.05) is 6.92 Å². The van der Waals surface area contributed by atoms with Crippen molar-refractivity contribution < 1.29 is 9.59 Å². The van der Waals surface area contributed by atoms with E-state index in [4.69, 9.17) is 0 Å². The number of aromatic nitrogens is 3. The monoisotopic (exact) mass is 287 g/mol. The number of anilines is 1. The predicted molar refractivity (Wildman–Crippen MR) is 76.8 cm³/mol. The molecule has 7 nitrogen and oxygen atoms in total. The lowest BCUT2D eigenvalue weighted by Crippen LogP contribution is -2.31. The molecular formula is C14H17N5O2. The first-order valence-corrected chi connectivity index (χ1v) is 6.87. The molecule has 2 aromatic rings. The Labute approximate surface area is 121 Å². The standard InChI is InChI=1S/C14H17N5O2/c1-9-4-15-7-12(9)14(21)19-3-2-10(8-19)13(20)18-11-5-16-17-6-11/h4-7,10,15H,2-3,8H2,1H3,(H,16,17)(H,18,20). The van der Waals surface area contributed by atoms with Gasteiger partial charge in [0.1, 0.15) is 0 Å². The smallest absolute Gasteiger partial charge is 0.255 e. The van der Waals surface area contributed by atoms with Crippen LogP contribution in [0.1, 0.15) is 22.3 Å². The third kappa shape index (κ3) is 2.67. The Bertz CT molecular complexity index is 646. The molecule has 3 heterocycles. The Kier molecular flexibility index (Phi) is 3.47. The van der Waals surface area contributed by atoms with Crippen molar-refractivity contribution in [2.75, 3.05) is 18.4 Å². The minimum atomic E-state index is -0.178. The van der Waals surface area contributed by atoms with Gasteiger partial charge in [-0.05, 0) is 18.9 Å². The van der Waals surface area contributed by atoms with E-state index in [1.165, 1.54) is 0 Å². The number of carbonyl (C=O) groups is 2. The fourth-order valence-corrected chi connectivity index (χ4v) is 2.56. The molecule has 1 fully saturated rings. The SMILES string of the molecule is Cc1c[nH]cc1C(=O)N1CCC(C(=O)Nc2cn[nH]c2)C1. The van der Waals surface area contributed by atoms with Crippen molar-refractivity contribution >= 4 is 17.5 Å². The van der Waals surface area contributed by atoms with E-state index >= 15 is 0 Å². The number of aromatic amines is 2. The maximum absolute atomic E-state index is 12.4. The molecule has 1 saturated heterocycles. The molecule has 110 valence electrons. The van der Waals surface area contributed by atoms with Crippen molar-refractivity contribution in [3.8, 4) is 0 Å². The zero-order chi connectivity index (χ0) is 14.8. The molecule has 1 unspecified atom stereocenters. The highest BCUT2D eigenvalue weighted by Crippen LogP contribution is 2.21. The van der Waals surface area contributed by atoms with Gasteiger partial charge in [0.15, 0.2) is 0 Å². The second-order valence-corrected chi connectivity index (χ2v) is 5.27. The van der Waals surface area contributed by atoms with Crippen LogP contribution >= 0.6 is 0 Å². The molecule has 21 heavy (non-hydrogen) atoms. The van der Waals surface area contributed by atoms with Gasteiger partial charge in [0, 0.05) is 31.7 Å². The fourth-order valence-electron chi connectivity index (χ4n) is 2.56. The number of nitrogens with one attached hydrogen (secondary N) is 3. The van der Waals surface area contributed by atoms with Crippen molar-refractivity contribution in [3.05, 3.63) is 35.9 Å². The quantitative estimate of drug-likeness (QED) is 0.790. The summed E-state index contributed by atoms with van der Waals surface area (Å²) in [6.45, 7) is 2.95. The molecule has 2 aromatic heterocycles. The Balaban J connectivity index is 1.61. The molecule has 0 bridgehead atoms. The highest BCUT2D eigenvalue weighted by atomic mass is 16.2. The third-order valence-corrected chi connectivity index (χ3v) is 3.79. The van der Waals surface area contributed by atoms with E-state index in [0.717, 1.165) is 5.56 Å². The van der Waals surface area contributed by atoms with Gasteiger partial charge in [-0.2, -0.15) is 5.10 Å². The van der Waals surface area contributed by atoms with Crippen LogP contribution in [-0.4, -0.2) is 45.0 Å². The largest absolute Gasteiger partial charge is 0.367 e. The van der Waals surface area contributed by atoms with E-state index in [0.29, 0.717) is 30.8 Å². The maximum atomic E-state index is 12.4. The number of nitrogens with zero attached hydrogens (tertiary/aromatic N) is 2. The average Bonchev–Trinajstić information content (AvgIpc) is 3.18. The zero-order valence-corrected chi connectivity index (χ0v) is 11.7. The maximum Gasteiger partial charge on any atom is 0.255 e. The molecule has 3 rings (SSSR count). The molecule has 0 aromatic carbocycles. The lowest BCUT2D eigenvalue weighted by Gasteiger charge is -2.16. The second-order valence-electron chi connectivity index (χ2n) is 5.27. The summed E-state index contributed by atoms with van der Waals surface area (Å²) in [6.07, 6.45) is 7.36. The summed E-state index contributed by atoms with van der Waals surface area (Å²) in [4.78, 5) is 29.2. The number of likely N-dealkylation sites (tertiary alicyclic amines) is 1. The van der Waals surface area contributed by atoms with E-state index < -0.39 is 0 Å². The van der Waals surface area contributed by atoms with Crippen molar-refractivity contribution in [3.63, 3.8) is 0 Å². The van der Waals surface area contributed by atoms with Gasteiger partial charge in [0.2, 0.25) is 5.91 Å². The van der Waals surface area contributed by atoms with Crippen LogP contribution in [-0.2, 0) is 4.79 Å². The number of H-pyrrole nitrogens is 2. The Morgan fingerprint density at radius 2 is 2.24 bits per heavy atom. The van der Waals surface area contributed by atoms with E-state index in [9.17, 15) is 9.59 Å². The van der Waals surface area contributed by atoms with Crippen molar-refractivity contribution in [2.45, 2.75) is 13.3 Å². The number of carbonyl (C=O) groups excluding carboxylic acids is 2. The number of rotatable bonds is 3. The predicted octanol–water partition coefficient (Wildman–Crippen LogP) is 1.15. The second kappa shape index (κ2) is 5.43. The van der Waals surface area contributed by atoms with Crippen LogP contribution in [0.15, 0.2) is 24.8 Å². The number of hydrogen-bond acceptors (Lipinski definition) is 3. The van der Waals surface area contributed by atoms with Crippen LogP contribution in [0.4, 0.5) is 5.69 Å². The summed E-state index contributed by atoms with van der Waals surface area (Å²) in [6, 6.07) is 0. The highest BCUT2D eigenvalue weighted by molar-refractivity contribution is 5.97. The van der Waals surface area contributed by atoms with Crippen LogP contribution < -0.4 is 5.32 Å². The minimum Gasteiger partial charge on any atom is -0.367 e. The van der Waals surface area contributed by atoms with Gasteiger partial charge in [-0.3, -0.25) is 14.7 Å². The van der Waals surface area contributed by atoms with Gasteiger partial charge in [-0.1, -0.05) is 0 Å². The molecule has 1 aliphatic rings. The fraction of sp³-hybridized carbons (Fsp3) is 0.357. The molecule has 3 N–H and O–H groups in total. The topological polar surface area (TPSA) is 93.9 Å². The number of aryl methyl sites for hydroxylation is 1. The van der Waals surface area contributed by atoms with Crippen LogP contribution in [0.3, 0.4) is 0 Å². The van der Waals surface area contributed by atoms with Gasteiger partial charge in [-0.15, -0.1) is 0 Å². The molecule has 1 atom stereocenters. The molecule has 0 saturated carbocycles. The Hall–Kier alpha value is -2.57. The third-order valence-electron chi connectivity index (χ3n) is 3.79. The van der Waals surface area contributed by atoms with Crippen molar-refractivity contribution in [2.24, 2.45) is 5.92 Å². The molecule has 7 heteroatoms. The zero-order valence-electron chi connectivity index (χ0n) is 11.7. The highest BCUT2D eigenvalue weighted by Gasteiger charge is 2.32. The van der Waals surface area contributed by atoms with Gasteiger partial charge >= 0.3 is 0 Å². The molecular weight excluding hydrogens is 270 g/mol. The van der Waals surface area contributed by atoms with Crippen LogP contribution in [0, 0.1) is 12.8 Å². The summed E-state index contributed by atoms with van der Waals surface area (Å²) in [5.41, 5.74) is 2.24. The van der Waals surface area contributed by atoms with Crippen molar-refractivity contribution in [1.29, 1.82) is 0 Å². The van der Waals surface area contributed by atoms with Crippen molar-refractivity contribution in [1.82, 2.24) is 20.1 Å². The van der Waals surface area contributed by atoms with Crippen LogP contribution in [0.5, 0.6) is 0 Å². The Morgan fingerprint density at radius 3 is 2.90 bits per heavy atom. The summed E-state index contributed by atoms with van der Waals surface area (Å²) >= 11 is 0. The van der Waals surface area contributed by atoms with Crippen LogP contribution in [0.25, 0.3) is 0 Å². The van der Waals surface area contributed by atoms with E-state index in [-0.39, 0.29) is 17.7 Å². The summed E-state index contributed by atoms with van der Waals surface area (Å²) in [7, 11) is 0. The minimum absolute atomic E-state index is 0.0210. The number of hydrogen-bond donors (Lipinski definition) is 3. The molecule has 1 aliphatic heterocycles. The normalized spacial score (nSPS) is 18.0. The summed E-state index contributed by atoms with van der Waals surface area (Å²) < 4.78 is 0. The summed E-state index contributed by atoms with van der Waals surface area (Å²) in [5.74, 6) is -0.270. The Morgan fingerprint density at radius 1 is 1.38 bits per heavy atom. The first-order chi connectivity index (χ1) is 10.1. The van der Waals surface area contributed by atoms with Gasteiger partial charge in [0.05, 0.1) is 23.4 Å². The van der Waals surface area contributed by atoms with E-state index in [1.54, 1.807) is 29.7 Å². The first kappa shape index (κ1) is 13.4. The lowest BCUT2D eigenvalue weighted by molar-refractivity contribution is -0.119. The number of amides is 2. The van der Waals surface area contributed by atoms with Gasteiger partial charge < -0.3 is 15.2 Å². The first-order valence-electron chi connectivity index (χ1n) is 6.87. The lowest BCUT2D eigenvalue weighted by atomic mass is 10.1. The van der Waals surface area contributed by atoms with Gasteiger partial charge in [-0.25, -0.2) is 0 Å². The van der Waals surface area contributed by atoms with Crippen LogP contribution in [0.2, 0.25) is 0 Å². The molecule has 0 aliphatic carbocycles. The molecule has 2 amide bonds. The average molecular weight is 287 g/mol. The van der Waals surface area contributed by atoms with E-state index in [2.05, 4.69) is 20.5 Å². The van der Waals surface area contributed by atoms with Gasteiger partial charge in [0.25, 0.3) is 5.91 Å². The molecule has 0 spiro atoms. The molecule has 0 radical (unpaired) electrons.